The summed E-state index contributed by atoms with van der Waals surface area (Å²) in [5, 5.41) is 7.55. The number of rotatable bonds is 3. The van der Waals surface area contributed by atoms with Crippen LogP contribution >= 0.6 is 12.2 Å². The summed E-state index contributed by atoms with van der Waals surface area (Å²) in [6, 6.07) is 14.4. The molecule has 1 fully saturated rings. The van der Waals surface area contributed by atoms with E-state index in [1.807, 2.05) is 18.2 Å². The first-order valence-electron chi connectivity index (χ1n) is 8.71. The SMILES string of the molecule is Cc1ccccc1C1(NC(=S)Nc2ccc3c(c2)OCO3)CCCC1. The van der Waals surface area contributed by atoms with E-state index in [1.54, 1.807) is 0 Å². The van der Waals surface area contributed by atoms with Gasteiger partial charge in [-0.1, -0.05) is 37.1 Å². The second-order valence-corrected chi connectivity index (χ2v) is 7.16. The molecule has 1 saturated carbocycles. The lowest BCUT2D eigenvalue weighted by Crippen LogP contribution is -2.46. The summed E-state index contributed by atoms with van der Waals surface area (Å²) in [6.45, 7) is 2.45. The van der Waals surface area contributed by atoms with Gasteiger partial charge in [0, 0.05) is 11.8 Å². The van der Waals surface area contributed by atoms with Gasteiger partial charge in [-0.15, -0.1) is 0 Å². The van der Waals surface area contributed by atoms with Crippen molar-refractivity contribution in [1.29, 1.82) is 0 Å². The summed E-state index contributed by atoms with van der Waals surface area (Å²) in [6.07, 6.45) is 4.63. The standard InChI is InChI=1S/C20H22N2O2S/c1-14-6-2-3-7-16(14)20(10-4-5-11-20)22-19(25)21-15-8-9-17-18(12-15)24-13-23-17/h2-3,6-9,12H,4-5,10-11,13H2,1H3,(H2,21,22,25). The molecule has 0 unspecified atom stereocenters. The van der Waals surface area contributed by atoms with Crippen LogP contribution in [-0.2, 0) is 5.54 Å². The monoisotopic (exact) mass is 354 g/mol. The van der Waals surface area contributed by atoms with Crippen LogP contribution in [0, 0.1) is 6.92 Å². The van der Waals surface area contributed by atoms with Crippen LogP contribution in [0.3, 0.4) is 0 Å². The Balaban J connectivity index is 1.53. The van der Waals surface area contributed by atoms with Gasteiger partial charge in [-0.2, -0.15) is 0 Å². The predicted octanol–water partition coefficient (Wildman–Crippen LogP) is 4.48. The molecule has 1 aliphatic carbocycles. The summed E-state index contributed by atoms with van der Waals surface area (Å²) >= 11 is 5.62. The molecule has 1 heterocycles. The maximum Gasteiger partial charge on any atom is 0.231 e. The molecule has 0 amide bonds. The number of aryl methyl sites for hydroxylation is 1. The first kappa shape index (κ1) is 16.2. The highest BCUT2D eigenvalue weighted by atomic mass is 32.1. The highest BCUT2D eigenvalue weighted by molar-refractivity contribution is 7.80. The molecule has 2 aliphatic rings. The number of hydrogen-bond acceptors (Lipinski definition) is 3. The second kappa shape index (κ2) is 6.56. The van der Waals surface area contributed by atoms with Crippen molar-refractivity contribution >= 4 is 23.0 Å². The Morgan fingerprint density at radius 1 is 1.04 bits per heavy atom. The van der Waals surface area contributed by atoms with Crippen LogP contribution in [0.15, 0.2) is 42.5 Å². The third-order valence-electron chi connectivity index (χ3n) is 5.10. The Morgan fingerprint density at radius 3 is 2.60 bits per heavy atom. The summed E-state index contributed by atoms with van der Waals surface area (Å²) in [5.74, 6) is 1.53. The van der Waals surface area contributed by atoms with Crippen molar-refractivity contribution in [3.8, 4) is 11.5 Å². The summed E-state index contributed by atoms with van der Waals surface area (Å²) in [7, 11) is 0. The first-order valence-corrected chi connectivity index (χ1v) is 9.12. The van der Waals surface area contributed by atoms with Crippen LogP contribution in [0.5, 0.6) is 11.5 Å². The van der Waals surface area contributed by atoms with E-state index in [9.17, 15) is 0 Å². The number of fused-ring (bicyclic) bond motifs is 1. The van der Waals surface area contributed by atoms with Crippen LogP contribution in [0.1, 0.15) is 36.8 Å². The topological polar surface area (TPSA) is 42.5 Å². The van der Waals surface area contributed by atoms with E-state index >= 15 is 0 Å². The van der Waals surface area contributed by atoms with Gasteiger partial charge in [0.2, 0.25) is 6.79 Å². The maximum absolute atomic E-state index is 5.62. The third kappa shape index (κ3) is 3.16. The molecule has 25 heavy (non-hydrogen) atoms. The van der Waals surface area contributed by atoms with Crippen molar-refractivity contribution in [1.82, 2.24) is 5.32 Å². The van der Waals surface area contributed by atoms with Crippen LogP contribution in [-0.4, -0.2) is 11.9 Å². The van der Waals surface area contributed by atoms with Crippen LogP contribution < -0.4 is 20.1 Å². The minimum Gasteiger partial charge on any atom is -0.454 e. The molecule has 4 rings (SSSR count). The molecule has 4 nitrogen and oxygen atoms in total. The number of ether oxygens (including phenoxy) is 2. The molecule has 0 bridgehead atoms. The average molecular weight is 354 g/mol. The van der Waals surface area contributed by atoms with E-state index in [-0.39, 0.29) is 12.3 Å². The van der Waals surface area contributed by atoms with Gasteiger partial charge in [0.05, 0.1) is 5.54 Å². The Morgan fingerprint density at radius 2 is 1.80 bits per heavy atom. The van der Waals surface area contributed by atoms with E-state index in [2.05, 4.69) is 41.8 Å². The molecule has 0 aromatic heterocycles. The molecule has 2 N–H and O–H groups in total. The van der Waals surface area contributed by atoms with Crippen LogP contribution in [0.4, 0.5) is 5.69 Å². The molecule has 2 aromatic rings. The maximum atomic E-state index is 5.62. The smallest absolute Gasteiger partial charge is 0.231 e. The molecule has 0 radical (unpaired) electrons. The van der Waals surface area contributed by atoms with Gasteiger partial charge < -0.3 is 20.1 Å². The fourth-order valence-electron chi connectivity index (χ4n) is 3.90. The quantitative estimate of drug-likeness (QED) is 0.796. The largest absolute Gasteiger partial charge is 0.454 e. The fraction of sp³-hybridized carbons (Fsp3) is 0.350. The minimum absolute atomic E-state index is 0.0776. The molecule has 0 atom stereocenters. The first-order chi connectivity index (χ1) is 12.2. The van der Waals surface area contributed by atoms with Crippen LogP contribution in [0.25, 0.3) is 0 Å². The Bertz CT molecular complexity index is 800. The van der Waals surface area contributed by atoms with Gasteiger partial charge in [0.25, 0.3) is 0 Å². The predicted molar refractivity (Wildman–Crippen MR) is 103 cm³/mol. The molecular weight excluding hydrogens is 332 g/mol. The molecule has 2 aromatic carbocycles. The zero-order valence-corrected chi connectivity index (χ0v) is 15.1. The summed E-state index contributed by atoms with van der Waals surface area (Å²) < 4.78 is 10.8. The Labute approximate surface area is 153 Å². The van der Waals surface area contributed by atoms with Crippen molar-refractivity contribution in [3.05, 3.63) is 53.6 Å². The van der Waals surface area contributed by atoms with Gasteiger partial charge in [-0.05, 0) is 55.2 Å². The van der Waals surface area contributed by atoms with Crippen molar-refractivity contribution in [3.63, 3.8) is 0 Å². The normalized spacial score (nSPS) is 17.3. The molecule has 130 valence electrons. The zero-order chi connectivity index (χ0) is 17.3. The van der Waals surface area contributed by atoms with Gasteiger partial charge in [-0.25, -0.2) is 0 Å². The Hall–Kier alpha value is -2.27. The van der Waals surface area contributed by atoms with Gasteiger partial charge >= 0.3 is 0 Å². The minimum atomic E-state index is -0.0776. The van der Waals surface area contributed by atoms with Gasteiger partial charge in [0.15, 0.2) is 16.6 Å². The number of anilines is 1. The number of nitrogens with one attached hydrogen (secondary N) is 2. The lowest BCUT2D eigenvalue weighted by atomic mass is 9.85. The molecular formula is C20H22N2O2S. The molecule has 5 heteroatoms. The van der Waals surface area contributed by atoms with Crippen LogP contribution in [0.2, 0.25) is 0 Å². The lowest BCUT2D eigenvalue weighted by Gasteiger charge is -2.33. The fourth-order valence-corrected chi connectivity index (χ4v) is 4.22. The van der Waals surface area contributed by atoms with Crippen molar-refractivity contribution in [2.24, 2.45) is 0 Å². The molecule has 0 spiro atoms. The van der Waals surface area contributed by atoms with E-state index in [4.69, 9.17) is 21.7 Å². The lowest BCUT2D eigenvalue weighted by molar-refractivity contribution is 0.174. The summed E-state index contributed by atoms with van der Waals surface area (Å²) in [4.78, 5) is 0. The number of thiocarbonyl (C=S) groups is 1. The van der Waals surface area contributed by atoms with E-state index in [0.717, 1.165) is 30.0 Å². The van der Waals surface area contributed by atoms with E-state index < -0.39 is 0 Å². The van der Waals surface area contributed by atoms with Crippen molar-refractivity contribution in [2.45, 2.75) is 38.1 Å². The number of hydrogen-bond donors (Lipinski definition) is 2. The molecule has 0 saturated heterocycles. The molecule has 1 aliphatic heterocycles. The van der Waals surface area contributed by atoms with Crippen molar-refractivity contribution < 1.29 is 9.47 Å². The Kier molecular flexibility index (Phi) is 4.25. The second-order valence-electron chi connectivity index (χ2n) is 6.75. The average Bonchev–Trinajstić information content (AvgIpc) is 3.24. The number of benzene rings is 2. The van der Waals surface area contributed by atoms with Gasteiger partial charge in [0.1, 0.15) is 0 Å². The highest BCUT2D eigenvalue weighted by Crippen LogP contribution is 2.40. The van der Waals surface area contributed by atoms with Gasteiger partial charge in [-0.3, -0.25) is 0 Å². The summed E-state index contributed by atoms with van der Waals surface area (Å²) in [5.41, 5.74) is 3.48. The highest BCUT2D eigenvalue weighted by Gasteiger charge is 2.37. The van der Waals surface area contributed by atoms with E-state index in [1.165, 1.54) is 24.0 Å². The van der Waals surface area contributed by atoms with E-state index in [0.29, 0.717) is 5.11 Å². The third-order valence-corrected chi connectivity index (χ3v) is 5.31. The zero-order valence-electron chi connectivity index (χ0n) is 14.3. The van der Waals surface area contributed by atoms with Crippen molar-refractivity contribution in [2.75, 3.05) is 12.1 Å².